The Balaban J connectivity index is 1.82. The molecule has 2 aliphatic heterocycles. The van der Waals surface area contributed by atoms with Gasteiger partial charge in [0.25, 0.3) is 10.0 Å². The van der Waals surface area contributed by atoms with Crippen LogP contribution in [0.4, 0.5) is 11.4 Å². The molecule has 0 N–H and O–H groups in total. The average molecular weight is 358 g/mol. The SMILES string of the molecule is CC(=O)c1cccc(S(=O)(=O)N2CCN3CCOc4cccc2c43)c1. The fraction of sp³-hybridized carbons (Fsp3) is 0.278. The molecule has 4 rings (SSSR count). The first-order valence-electron chi connectivity index (χ1n) is 8.13. The van der Waals surface area contributed by atoms with Crippen molar-refractivity contribution in [3.63, 3.8) is 0 Å². The van der Waals surface area contributed by atoms with Crippen molar-refractivity contribution in [1.82, 2.24) is 0 Å². The highest BCUT2D eigenvalue weighted by Gasteiger charge is 2.35. The van der Waals surface area contributed by atoms with Crippen LogP contribution in [0, 0.1) is 0 Å². The largest absolute Gasteiger partial charge is 0.489 e. The number of rotatable bonds is 3. The molecule has 6 nitrogen and oxygen atoms in total. The molecule has 0 aliphatic carbocycles. The minimum Gasteiger partial charge on any atom is -0.489 e. The molecule has 0 amide bonds. The van der Waals surface area contributed by atoms with E-state index < -0.39 is 10.0 Å². The molecule has 25 heavy (non-hydrogen) atoms. The van der Waals surface area contributed by atoms with E-state index in [0.717, 1.165) is 12.2 Å². The maximum absolute atomic E-state index is 13.2. The number of carbonyl (C=O) groups is 1. The summed E-state index contributed by atoms with van der Waals surface area (Å²) in [5.41, 5.74) is 1.83. The van der Waals surface area contributed by atoms with Crippen LogP contribution in [0.2, 0.25) is 0 Å². The minimum atomic E-state index is -3.76. The lowest BCUT2D eigenvalue weighted by Crippen LogP contribution is -2.46. The molecule has 0 saturated heterocycles. The van der Waals surface area contributed by atoms with Gasteiger partial charge < -0.3 is 9.64 Å². The molecule has 7 heteroatoms. The molecule has 2 aromatic rings. The second-order valence-electron chi connectivity index (χ2n) is 6.12. The summed E-state index contributed by atoms with van der Waals surface area (Å²) >= 11 is 0. The molecule has 2 aliphatic rings. The number of para-hydroxylation sites is 1. The van der Waals surface area contributed by atoms with Gasteiger partial charge in [0.15, 0.2) is 5.78 Å². The van der Waals surface area contributed by atoms with Crippen LogP contribution in [0.25, 0.3) is 0 Å². The lowest BCUT2D eigenvalue weighted by atomic mass is 10.1. The van der Waals surface area contributed by atoms with Crippen LogP contribution in [-0.4, -0.2) is 40.4 Å². The Morgan fingerprint density at radius 1 is 1.08 bits per heavy atom. The molecule has 2 heterocycles. The lowest BCUT2D eigenvalue weighted by Gasteiger charge is -2.41. The number of ether oxygens (including phenoxy) is 1. The van der Waals surface area contributed by atoms with E-state index in [4.69, 9.17) is 4.74 Å². The Kier molecular flexibility index (Phi) is 3.68. The van der Waals surface area contributed by atoms with E-state index in [1.807, 2.05) is 6.07 Å². The number of hydrogen-bond donors (Lipinski definition) is 0. The number of hydrogen-bond acceptors (Lipinski definition) is 5. The zero-order valence-corrected chi connectivity index (χ0v) is 14.6. The van der Waals surface area contributed by atoms with E-state index in [1.54, 1.807) is 24.3 Å². The van der Waals surface area contributed by atoms with Crippen molar-refractivity contribution >= 4 is 27.2 Å². The predicted octanol–water partition coefficient (Wildman–Crippen LogP) is 2.30. The molecule has 0 bridgehead atoms. The summed E-state index contributed by atoms with van der Waals surface area (Å²) in [5.74, 6) is 0.550. The summed E-state index contributed by atoms with van der Waals surface area (Å²) in [5, 5.41) is 0. The Hall–Kier alpha value is -2.54. The monoisotopic (exact) mass is 358 g/mol. The van der Waals surface area contributed by atoms with Crippen molar-refractivity contribution in [2.75, 3.05) is 35.4 Å². The van der Waals surface area contributed by atoms with E-state index in [2.05, 4.69) is 4.90 Å². The number of benzene rings is 2. The highest BCUT2D eigenvalue weighted by molar-refractivity contribution is 7.92. The van der Waals surface area contributed by atoms with Crippen molar-refractivity contribution in [2.45, 2.75) is 11.8 Å². The van der Waals surface area contributed by atoms with Gasteiger partial charge in [-0.2, -0.15) is 0 Å². The fourth-order valence-corrected chi connectivity index (χ4v) is 4.84. The van der Waals surface area contributed by atoms with Crippen LogP contribution in [0.3, 0.4) is 0 Å². The van der Waals surface area contributed by atoms with E-state index in [0.29, 0.717) is 36.7 Å². The second-order valence-corrected chi connectivity index (χ2v) is 7.98. The third kappa shape index (κ3) is 2.55. The number of ketones is 1. The van der Waals surface area contributed by atoms with Crippen LogP contribution in [-0.2, 0) is 10.0 Å². The third-order valence-corrected chi connectivity index (χ3v) is 6.39. The smallest absolute Gasteiger partial charge is 0.264 e. The van der Waals surface area contributed by atoms with Crippen LogP contribution < -0.4 is 13.9 Å². The Morgan fingerprint density at radius 3 is 2.68 bits per heavy atom. The van der Waals surface area contributed by atoms with Gasteiger partial charge in [0.05, 0.1) is 23.7 Å². The molecule has 0 atom stereocenters. The zero-order chi connectivity index (χ0) is 17.6. The van der Waals surface area contributed by atoms with Crippen LogP contribution in [0.15, 0.2) is 47.4 Å². The summed E-state index contributed by atoms with van der Waals surface area (Å²) < 4.78 is 33.5. The van der Waals surface area contributed by atoms with Gasteiger partial charge in [0.1, 0.15) is 18.0 Å². The highest BCUT2D eigenvalue weighted by Crippen LogP contribution is 2.44. The number of anilines is 2. The van der Waals surface area contributed by atoms with Gasteiger partial charge in [0.2, 0.25) is 0 Å². The maximum Gasteiger partial charge on any atom is 0.264 e. The molecule has 0 aromatic heterocycles. The number of Topliss-reactive ketones (excluding diaryl/α,β-unsaturated/α-hetero) is 1. The number of carbonyl (C=O) groups excluding carboxylic acids is 1. The van der Waals surface area contributed by atoms with E-state index >= 15 is 0 Å². The van der Waals surface area contributed by atoms with Gasteiger partial charge in [-0.05, 0) is 31.2 Å². The average Bonchev–Trinajstić information content (AvgIpc) is 2.62. The topological polar surface area (TPSA) is 66.9 Å². The van der Waals surface area contributed by atoms with Gasteiger partial charge in [-0.25, -0.2) is 8.42 Å². The fourth-order valence-electron chi connectivity index (χ4n) is 3.33. The normalized spacial score (nSPS) is 16.2. The summed E-state index contributed by atoms with van der Waals surface area (Å²) in [6, 6.07) is 11.7. The van der Waals surface area contributed by atoms with Gasteiger partial charge in [-0.1, -0.05) is 18.2 Å². The first kappa shape index (κ1) is 16.0. The highest BCUT2D eigenvalue weighted by atomic mass is 32.2. The van der Waals surface area contributed by atoms with Gasteiger partial charge >= 0.3 is 0 Å². The van der Waals surface area contributed by atoms with E-state index in [9.17, 15) is 13.2 Å². The molecular weight excluding hydrogens is 340 g/mol. The summed E-state index contributed by atoms with van der Waals surface area (Å²) in [4.78, 5) is 13.9. The number of sulfonamides is 1. The van der Waals surface area contributed by atoms with Crippen LogP contribution >= 0.6 is 0 Å². The van der Waals surface area contributed by atoms with Crippen molar-refractivity contribution in [1.29, 1.82) is 0 Å². The van der Waals surface area contributed by atoms with Crippen LogP contribution in [0.1, 0.15) is 17.3 Å². The lowest BCUT2D eigenvalue weighted by molar-refractivity contribution is 0.101. The van der Waals surface area contributed by atoms with Crippen molar-refractivity contribution < 1.29 is 17.9 Å². The van der Waals surface area contributed by atoms with Crippen LogP contribution in [0.5, 0.6) is 5.75 Å². The molecule has 2 aromatic carbocycles. The first-order chi connectivity index (χ1) is 12.0. The summed E-state index contributed by atoms with van der Waals surface area (Å²) in [6.45, 7) is 3.75. The molecule has 0 fully saturated rings. The van der Waals surface area contributed by atoms with Gasteiger partial charge in [-0.15, -0.1) is 0 Å². The molecule has 0 radical (unpaired) electrons. The molecule has 0 unspecified atom stereocenters. The quantitative estimate of drug-likeness (QED) is 0.788. The van der Waals surface area contributed by atoms with Crippen molar-refractivity contribution in [3.05, 3.63) is 48.0 Å². The Bertz CT molecular complexity index is 955. The third-order valence-electron chi connectivity index (χ3n) is 4.58. The number of nitrogens with zero attached hydrogens (tertiary/aromatic N) is 2. The Morgan fingerprint density at radius 2 is 1.88 bits per heavy atom. The molecular formula is C18H18N2O4S. The molecule has 0 spiro atoms. The van der Waals surface area contributed by atoms with Gasteiger partial charge in [0, 0.05) is 12.1 Å². The van der Waals surface area contributed by atoms with Gasteiger partial charge in [-0.3, -0.25) is 9.10 Å². The second kappa shape index (κ2) is 5.77. The Labute approximate surface area is 146 Å². The van der Waals surface area contributed by atoms with E-state index in [-0.39, 0.29) is 10.7 Å². The van der Waals surface area contributed by atoms with Crippen molar-refractivity contribution in [2.24, 2.45) is 0 Å². The summed E-state index contributed by atoms with van der Waals surface area (Å²) in [6.07, 6.45) is 0. The standard InChI is InChI=1S/C18H18N2O4S/c1-13(21)14-4-2-5-15(12-14)25(22,23)20-9-8-19-10-11-24-17-7-3-6-16(20)18(17)19/h2-7,12H,8-11H2,1H3. The first-order valence-corrected chi connectivity index (χ1v) is 9.57. The minimum absolute atomic E-state index is 0.128. The zero-order valence-electron chi connectivity index (χ0n) is 13.8. The van der Waals surface area contributed by atoms with Crippen molar-refractivity contribution in [3.8, 4) is 5.75 Å². The molecule has 0 saturated carbocycles. The predicted molar refractivity (Wildman–Crippen MR) is 95.1 cm³/mol. The molecule has 130 valence electrons. The van der Waals surface area contributed by atoms with E-state index in [1.165, 1.54) is 23.4 Å². The maximum atomic E-state index is 13.2. The summed E-state index contributed by atoms with van der Waals surface area (Å²) in [7, 11) is -3.76.